The number of anilines is 1. The summed E-state index contributed by atoms with van der Waals surface area (Å²) in [5, 5.41) is 9.51. The molecule has 114 valence electrons. The maximum atomic E-state index is 9.51. The molecule has 0 atom stereocenters. The van der Waals surface area contributed by atoms with E-state index in [9.17, 15) is 5.26 Å². The number of nitrogens with zero attached hydrogens (tertiary/aromatic N) is 3. The lowest BCUT2D eigenvalue weighted by molar-refractivity contribution is 0.612. The van der Waals surface area contributed by atoms with Crippen molar-refractivity contribution in [2.45, 2.75) is 71.8 Å². The van der Waals surface area contributed by atoms with Crippen LogP contribution in [0.4, 0.5) is 5.82 Å². The van der Waals surface area contributed by atoms with Gasteiger partial charge in [-0.2, -0.15) is 5.26 Å². The highest BCUT2D eigenvalue weighted by atomic mass is 15.2. The van der Waals surface area contributed by atoms with Gasteiger partial charge in [0.25, 0.3) is 0 Å². The summed E-state index contributed by atoms with van der Waals surface area (Å²) in [4.78, 5) is 7.20. The normalized spacial score (nSPS) is 13.9. The monoisotopic (exact) mass is 285 g/mol. The Morgan fingerprint density at radius 2 is 2.05 bits per heavy atom. The van der Waals surface area contributed by atoms with E-state index in [0.29, 0.717) is 6.04 Å². The van der Waals surface area contributed by atoms with E-state index in [1.807, 2.05) is 0 Å². The van der Waals surface area contributed by atoms with Crippen molar-refractivity contribution in [2.24, 2.45) is 0 Å². The highest BCUT2D eigenvalue weighted by Crippen LogP contribution is 2.27. The molecule has 0 saturated carbocycles. The molecule has 0 N–H and O–H groups in total. The molecule has 0 aliphatic heterocycles. The summed E-state index contributed by atoms with van der Waals surface area (Å²) in [5.74, 6) is 0.907. The molecule has 3 nitrogen and oxygen atoms in total. The minimum Gasteiger partial charge on any atom is -0.353 e. The standard InChI is InChI=1S/C18H27N3/c1-4-5-8-11-21(14(2)3)18-16(13-19)12-15-9-6-7-10-17(15)20-18/h12,14H,4-11H2,1-3H3. The van der Waals surface area contributed by atoms with Crippen molar-refractivity contribution in [2.75, 3.05) is 11.4 Å². The third-order valence-electron chi connectivity index (χ3n) is 4.30. The third kappa shape index (κ3) is 3.75. The van der Waals surface area contributed by atoms with Crippen LogP contribution >= 0.6 is 0 Å². The van der Waals surface area contributed by atoms with E-state index in [1.165, 1.54) is 36.9 Å². The zero-order valence-corrected chi connectivity index (χ0v) is 13.7. The van der Waals surface area contributed by atoms with Gasteiger partial charge >= 0.3 is 0 Å². The maximum absolute atomic E-state index is 9.51. The minimum absolute atomic E-state index is 0.378. The van der Waals surface area contributed by atoms with E-state index in [-0.39, 0.29) is 0 Å². The first-order chi connectivity index (χ1) is 10.2. The molecule has 1 aliphatic carbocycles. The Labute approximate surface area is 129 Å². The summed E-state index contributed by atoms with van der Waals surface area (Å²) in [5.41, 5.74) is 3.26. The molecule has 0 spiro atoms. The summed E-state index contributed by atoms with van der Waals surface area (Å²) in [6, 6.07) is 4.83. The summed E-state index contributed by atoms with van der Waals surface area (Å²) in [6.45, 7) is 7.59. The number of aromatic nitrogens is 1. The van der Waals surface area contributed by atoms with Gasteiger partial charge < -0.3 is 4.90 Å². The van der Waals surface area contributed by atoms with E-state index >= 15 is 0 Å². The molecule has 1 aliphatic rings. The van der Waals surface area contributed by atoms with Gasteiger partial charge in [0.2, 0.25) is 0 Å². The molecular formula is C18H27N3. The molecule has 21 heavy (non-hydrogen) atoms. The lowest BCUT2D eigenvalue weighted by atomic mass is 9.94. The Morgan fingerprint density at radius 1 is 1.29 bits per heavy atom. The third-order valence-corrected chi connectivity index (χ3v) is 4.30. The molecule has 0 fully saturated rings. The SMILES string of the molecule is CCCCCN(c1nc2c(cc1C#N)CCCC2)C(C)C. The van der Waals surface area contributed by atoms with E-state index < -0.39 is 0 Å². The molecule has 0 saturated heterocycles. The van der Waals surface area contributed by atoms with Gasteiger partial charge in [-0.3, -0.25) is 0 Å². The Balaban J connectivity index is 2.32. The predicted octanol–water partition coefficient (Wildman–Crippen LogP) is 4.24. The second-order valence-corrected chi connectivity index (χ2v) is 6.28. The van der Waals surface area contributed by atoms with E-state index in [4.69, 9.17) is 4.98 Å². The molecule has 0 amide bonds. The molecule has 1 aromatic heterocycles. The van der Waals surface area contributed by atoms with Gasteiger partial charge in [-0.15, -0.1) is 0 Å². The average Bonchev–Trinajstić information content (AvgIpc) is 2.50. The van der Waals surface area contributed by atoms with Gasteiger partial charge in [0.1, 0.15) is 11.9 Å². The molecule has 0 unspecified atom stereocenters. The van der Waals surface area contributed by atoms with Crippen molar-refractivity contribution in [1.82, 2.24) is 4.98 Å². The topological polar surface area (TPSA) is 39.9 Å². The van der Waals surface area contributed by atoms with Gasteiger partial charge in [0.05, 0.1) is 5.56 Å². The van der Waals surface area contributed by atoms with Gasteiger partial charge in [0.15, 0.2) is 0 Å². The first kappa shape index (κ1) is 15.8. The van der Waals surface area contributed by atoms with Gasteiger partial charge in [-0.1, -0.05) is 19.8 Å². The Bertz CT molecular complexity index is 514. The lowest BCUT2D eigenvalue weighted by Gasteiger charge is -2.30. The van der Waals surface area contributed by atoms with Crippen molar-refractivity contribution in [3.8, 4) is 6.07 Å². The number of hydrogen-bond donors (Lipinski definition) is 0. The van der Waals surface area contributed by atoms with Crippen LogP contribution in [0, 0.1) is 11.3 Å². The van der Waals surface area contributed by atoms with Crippen molar-refractivity contribution < 1.29 is 0 Å². The Kier molecular flexibility index (Phi) is 5.61. The first-order valence-electron chi connectivity index (χ1n) is 8.37. The zero-order valence-electron chi connectivity index (χ0n) is 13.7. The molecule has 1 heterocycles. The molecular weight excluding hydrogens is 258 g/mol. The molecule has 3 heteroatoms. The van der Waals surface area contributed by atoms with Crippen LogP contribution in [0.2, 0.25) is 0 Å². The molecule has 0 aromatic carbocycles. The van der Waals surface area contributed by atoms with Crippen LogP contribution in [0.1, 0.15) is 69.7 Å². The smallest absolute Gasteiger partial charge is 0.147 e. The summed E-state index contributed by atoms with van der Waals surface area (Å²) in [7, 11) is 0. The van der Waals surface area contributed by atoms with E-state index in [1.54, 1.807) is 0 Å². The fraction of sp³-hybridized carbons (Fsp3) is 0.667. The van der Waals surface area contributed by atoms with Crippen LogP contribution in [0.15, 0.2) is 6.07 Å². The molecule has 1 aromatic rings. The molecule has 0 bridgehead atoms. The quantitative estimate of drug-likeness (QED) is 0.734. The molecule has 2 rings (SSSR count). The highest BCUT2D eigenvalue weighted by Gasteiger charge is 2.20. The fourth-order valence-electron chi connectivity index (χ4n) is 3.06. The predicted molar refractivity (Wildman–Crippen MR) is 87.6 cm³/mol. The second kappa shape index (κ2) is 7.45. The van der Waals surface area contributed by atoms with Crippen LogP contribution in [-0.2, 0) is 12.8 Å². The number of hydrogen-bond acceptors (Lipinski definition) is 3. The van der Waals surface area contributed by atoms with Crippen LogP contribution in [-0.4, -0.2) is 17.6 Å². The lowest BCUT2D eigenvalue weighted by Crippen LogP contribution is -2.33. The van der Waals surface area contributed by atoms with Crippen LogP contribution < -0.4 is 4.90 Å². The fourth-order valence-corrected chi connectivity index (χ4v) is 3.06. The maximum Gasteiger partial charge on any atom is 0.147 e. The van der Waals surface area contributed by atoms with E-state index in [2.05, 4.69) is 37.8 Å². The highest BCUT2D eigenvalue weighted by molar-refractivity contribution is 5.57. The molecule has 0 radical (unpaired) electrons. The van der Waals surface area contributed by atoms with Crippen LogP contribution in [0.5, 0.6) is 0 Å². The zero-order chi connectivity index (χ0) is 15.2. The van der Waals surface area contributed by atoms with Crippen molar-refractivity contribution in [3.63, 3.8) is 0 Å². The number of rotatable bonds is 6. The summed E-state index contributed by atoms with van der Waals surface area (Å²) >= 11 is 0. The first-order valence-corrected chi connectivity index (χ1v) is 8.37. The Morgan fingerprint density at radius 3 is 2.71 bits per heavy atom. The minimum atomic E-state index is 0.378. The summed E-state index contributed by atoms with van der Waals surface area (Å²) in [6.07, 6.45) is 8.21. The number of pyridine rings is 1. The van der Waals surface area contributed by atoms with Crippen molar-refractivity contribution in [1.29, 1.82) is 5.26 Å². The van der Waals surface area contributed by atoms with E-state index in [0.717, 1.165) is 37.2 Å². The van der Waals surface area contributed by atoms with Crippen molar-refractivity contribution >= 4 is 5.82 Å². The van der Waals surface area contributed by atoms with Crippen molar-refractivity contribution in [3.05, 3.63) is 22.9 Å². The van der Waals surface area contributed by atoms with Gasteiger partial charge in [0, 0.05) is 18.3 Å². The second-order valence-electron chi connectivity index (χ2n) is 6.28. The van der Waals surface area contributed by atoms with Gasteiger partial charge in [-0.05, 0) is 57.6 Å². The number of aryl methyl sites for hydroxylation is 2. The van der Waals surface area contributed by atoms with Crippen LogP contribution in [0.3, 0.4) is 0 Å². The number of nitriles is 1. The Hall–Kier alpha value is -1.56. The number of fused-ring (bicyclic) bond motifs is 1. The van der Waals surface area contributed by atoms with Crippen LogP contribution in [0.25, 0.3) is 0 Å². The number of unbranched alkanes of at least 4 members (excludes halogenated alkanes) is 2. The largest absolute Gasteiger partial charge is 0.353 e. The van der Waals surface area contributed by atoms with Gasteiger partial charge in [-0.25, -0.2) is 4.98 Å². The summed E-state index contributed by atoms with van der Waals surface area (Å²) < 4.78 is 0. The average molecular weight is 285 g/mol.